The second-order valence-corrected chi connectivity index (χ2v) is 9.37. The van der Waals surface area contributed by atoms with E-state index in [9.17, 15) is 19.1 Å². The number of carbonyl (C=O) groups is 2. The fraction of sp³-hybridized carbons (Fsp3) is 0.684. The molecule has 0 aromatic carbocycles. The molecular weight excluding hydrogens is 421 g/mol. The number of carbonyl (C=O) groups excluding carboxylic acids is 1. The summed E-state index contributed by atoms with van der Waals surface area (Å²) >= 11 is 4.57. The van der Waals surface area contributed by atoms with Crippen LogP contribution >= 0.6 is 27.3 Å². The normalized spacial score (nSPS) is 29.3. The zero-order valence-electron chi connectivity index (χ0n) is 14.9. The first kappa shape index (κ1) is 19.8. The van der Waals surface area contributed by atoms with Crippen LogP contribution in [0.3, 0.4) is 0 Å². The third-order valence-corrected chi connectivity index (χ3v) is 7.62. The molecule has 1 aromatic rings. The van der Waals surface area contributed by atoms with Crippen molar-refractivity contribution in [3.8, 4) is 0 Å². The molecule has 2 saturated carbocycles. The first-order valence-corrected chi connectivity index (χ1v) is 11.0. The van der Waals surface area contributed by atoms with Crippen molar-refractivity contribution in [2.75, 3.05) is 4.90 Å². The van der Waals surface area contributed by atoms with E-state index in [1.54, 1.807) is 10.3 Å². The van der Waals surface area contributed by atoms with E-state index in [2.05, 4.69) is 22.9 Å². The molecule has 4 nitrogen and oxygen atoms in total. The Morgan fingerprint density at radius 3 is 2.35 bits per heavy atom. The monoisotopic (exact) mass is 445 g/mol. The smallest absolute Gasteiger partial charge is 0.348 e. The Morgan fingerprint density at radius 1 is 1.15 bits per heavy atom. The van der Waals surface area contributed by atoms with Gasteiger partial charge in [-0.3, -0.25) is 4.79 Å². The predicted octanol–water partition coefficient (Wildman–Crippen LogP) is 5.65. The van der Waals surface area contributed by atoms with Gasteiger partial charge in [0.1, 0.15) is 11.0 Å². The molecule has 0 aliphatic heterocycles. The lowest BCUT2D eigenvalue weighted by Gasteiger charge is -2.38. The van der Waals surface area contributed by atoms with Crippen LogP contribution in [0.1, 0.15) is 68.0 Å². The third-order valence-electron chi connectivity index (χ3n) is 5.75. The molecule has 144 valence electrons. The largest absolute Gasteiger partial charge is 0.477 e. The number of alkyl halides is 1. The minimum absolute atomic E-state index is 0.0146. The molecule has 1 aromatic heterocycles. The van der Waals surface area contributed by atoms with E-state index in [0.29, 0.717) is 41.8 Å². The molecule has 0 radical (unpaired) electrons. The van der Waals surface area contributed by atoms with Gasteiger partial charge in [0.15, 0.2) is 0 Å². The molecule has 1 amide bonds. The maximum atomic E-state index is 13.6. The van der Waals surface area contributed by atoms with Crippen LogP contribution in [0.2, 0.25) is 0 Å². The number of thiophene rings is 1. The molecule has 1 N–H and O–H groups in total. The fourth-order valence-corrected chi connectivity index (χ4v) is 5.73. The lowest BCUT2D eigenvalue weighted by atomic mass is 9.81. The van der Waals surface area contributed by atoms with Crippen LogP contribution in [0.4, 0.5) is 10.1 Å². The highest BCUT2D eigenvalue weighted by Crippen LogP contribution is 2.42. The highest BCUT2D eigenvalue weighted by atomic mass is 79.9. The Balaban J connectivity index is 1.93. The number of halogens is 2. The summed E-state index contributed by atoms with van der Waals surface area (Å²) in [7, 11) is 0. The topological polar surface area (TPSA) is 57.6 Å². The number of aromatic carboxylic acids is 1. The van der Waals surface area contributed by atoms with Gasteiger partial charge < -0.3 is 10.0 Å². The lowest BCUT2D eigenvalue weighted by Crippen LogP contribution is -2.47. The van der Waals surface area contributed by atoms with Crippen LogP contribution in [-0.2, 0) is 4.79 Å². The van der Waals surface area contributed by atoms with Gasteiger partial charge >= 0.3 is 5.97 Å². The van der Waals surface area contributed by atoms with Crippen molar-refractivity contribution in [3.05, 3.63) is 14.7 Å². The molecule has 2 aliphatic carbocycles. The van der Waals surface area contributed by atoms with Crippen molar-refractivity contribution in [1.29, 1.82) is 0 Å². The van der Waals surface area contributed by atoms with Gasteiger partial charge in [0.2, 0.25) is 5.91 Å². The Hall–Kier alpha value is -0.950. The van der Waals surface area contributed by atoms with Gasteiger partial charge in [-0.15, -0.1) is 11.3 Å². The van der Waals surface area contributed by atoms with Gasteiger partial charge in [-0.05, 0) is 73.2 Å². The van der Waals surface area contributed by atoms with Crippen molar-refractivity contribution in [2.45, 2.75) is 70.5 Å². The summed E-state index contributed by atoms with van der Waals surface area (Å²) in [5, 5.41) is 11.3. The summed E-state index contributed by atoms with van der Waals surface area (Å²) in [5.41, 5.74) is 0.466. The van der Waals surface area contributed by atoms with Crippen LogP contribution in [0.5, 0.6) is 0 Å². The van der Waals surface area contributed by atoms with Gasteiger partial charge in [-0.25, -0.2) is 9.18 Å². The third kappa shape index (κ3) is 4.14. The highest BCUT2D eigenvalue weighted by Gasteiger charge is 2.38. The van der Waals surface area contributed by atoms with Crippen molar-refractivity contribution >= 4 is 44.8 Å². The van der Waals surface area contributed by atoms with Crippen LogP contribution in [0.25, 0.3) is 0 Å². The summed E-state index contributed by atoms with van der Waals surface area (Å²) in [4.78, 5) is 27.0. The molecule has 3 rings (SSSR count). The van der Waals surface area contributed by atoms with Crippen LogP contribution in [0, 0.1) is 11.8 Å². The number of anilines is 1. The average Bonchev–Trinajstić information content (AvgIpc) is 2.99. The predicted molar refractivity (Wildman–Crippen MR) is 105 cm³/mol. The van der Waals surface area contributed by atoms with Gasteiger partial charge in [0.05, 0.1) is 10.2 Å². The number of hydrogen-bond acceptors (Lipinski definition) is 3. The molecule has 7 heteroatoms. The van der Waals surface area contributed by atoms with Crippen LogP contribution in [0.15, 0.2) is 9.85 Å². The summed E-state index contributed by atoms with van der Waals surface area (Å²) in [6.45, 7) is 2.21. The van der Waals surface area contributed by atoms with E-state index in [-0.39, 0.29) is 22.7 Å². The van der Waals surface area contributed by atoms with E-state index in [1.165, 1.54) is 0 Å². The molecule has 0 bridgehead atoms. The van der Waals surface area contributed by atoms with E-state index in [0.717, 1.165) is 37.0 Å². The van der Waals surface area contributed by atoms with E-state index in [4.69, 9.17) is 0 Å². The summed E-state index contributed by atoms with van der Waals surface area (Å²) < 4.78 is 14.3. The quantitative estimate of drug-likeness (QED) is 0.651. The van der Waals surface area contributed by atoms with Crippen molar-refractivity contribution < 1.29 is 19.1 Å². The molecule has 1 heterocycles. The second-order valence-electron chi connectivity index (χ2n) is 7.64. The molecule has 0 spiro atoms. The second kappa shape index (κ2) is 8.38. The van der Waals surface area contributed by atoms with Crippen molar-refractivity contribution in [2.24, 2.45) is 11.8 Å². The van der Waals surface area contributed by atoms with Gasteiger partial charge in [-0.2, -0.15) is 0 Å². The molecule has 26 heavy (non-hydrogen) atoms. The van der Waals surface area contributed by atoms with Crippen molar-refractivity contribution in [3.63, 3.8) is 0 Å². The molecule has 2 aliphatic rings. The van der Waals surface area contributed by atoms with Gasteiger partial charge in [0.25, 0.3) is 0 Å². The molecule has 2 fully saturated rings. The van der Waals surface area contributed by atoms with Crippen LogP contribution < -0.4 is 4.90 Å². The van der Waals surface area contributed by atoms with E-state index >= 15 is 0 Å². The fourth-order valence-electron chi connectivity index (χ4n) is 4.18. The highest BCUT2D eigenvalue weighted by molar-refractivity contribution is 9.10. The standard InChI is InChI=1S/C19H25BrFNO3S/c1-11-2-4-12(5-3-11)18(23)22(14-8-6-13(21)7-9-14)16-15(20)10-26-17(16)19(24)25/h10-14H,2-9H2,1H3,(H,24,25). The molecule has 0 saturated heterocycles. The summed E-state index contributed by atoms with van der Waals surface area (Å²) in [6.07, 6.45) is 4.95. The summed E-state index contributed by atoms with van der Waals surface area (Å²) in [6, 6.07) is -0.127. The van der Waals surface area contributed by atoms with Gasteiger partial charge in [-0.1, -0.05) is 6.92 Å². The lowest BCUT2D eigenvalue weighted by molar-refractivity contribution is -0.124. The first-order valence-electron chi connectivity index (χ1n) is 9.35. The van der Waals surface area contributed by atoms with E-state index < -0.39 is 12.1 Å². The number of hydrogen-bond donors (Lipinski definition) is 1. The Labute approximate surface area is 165 Å². The number of nitrogens with zero attached hydrogens (tertiary/aromatic N) is 1. The number of carboxylic acid groups (broad SMARTS) is 1. The van der Waals surface area contributed by atoms with Crippen molar-refractivity contribution in [1.82, 2.24) is 0 Å². The Bertz CT molecular complexity index is 664. The zero-order chi connectivity index (χ0) is 18.8. The minimum Gasteiger partial charge on any atom is -0.477 e. The maximum Gasteiger partial charge on any atom is 0.348 e. The van der Waals surface area contributed by atoms with Gasteiger partial charge in [0, 0.05) is 17.3 Å². The molecule has 0 unspecified atom stereocenters. The van der Waals surface area contributed by atoms with Crippen LogP contribution in [-0.4, -0.2) is 29.2 Å². The minimum atomic E-state index is -1.02. The molecular formula is C19H25BrFNO3S. The molecule has 0 atom stereocenters. The average molecular weight is 446 g/mol. The maximum absolute atomic E-state index is 13.6. The summed E-state index contributed by atoms with van der Waals surface area (Å²) in [5.74, 6) is -0.439. The number of amides is 1. The van der Waals surface area contributed by atoms with E-state index in [1.807, 2.05) is 0 Å². The first-order chi connectivity index (χ1) is 12.4. The number of carboxylic acids is 1. The number of rotatable bonds is 4. The SMILES string of the molecule is CC1CCC(C(=O)N(c2c(Br)csc2C(=O)O)C2CCC(F)CC2)CC1. The Morgan fingerprint density at radius 2 is 1.77 bits per heavy atom. The zero-order valence-corrected chi connectivity index (χ0v) is 17.3. The Kier molecular flexibility index (Phi) is 6.38.